The molecule has 116 valence electrons. The summed E-state index contributed by atoms with van der Waals surface area (Å²) in [6.45, 7) is 0.241. The minimum atomic E-state index is -0.585. The zero-order valence-corrected chi connectivity index (χ0v) is 14.9. The molecule has 2 aromatic rings. The van der Waals surface area contributed by atoms with Crippen LogP contribution >= 0.6 is 43.2 Å². The van der Waals surface area contributed by atoms with E-state index in [1.54, 1.807) is 0 Å². The molecule has 8 nitrogen and oxygen atoms in total. The van der Waals surface area contributed by atoms with E-state index >= 15 is 0 Å². The first kappa shape index (κ1) is 16.8. The van der Waals surface area contributed by atoms with Crippen molar-refractivity contribution >= 4 is 61.1 Å². The first-order valence-corrected chi connectivity index (χ1v) is 8.30. The third-order valence-corrected chi connectivity index (χ3v) is 5.62. The van der Waals surface area contributed by atoms with E-state index in [1.165, 1.54) is 34.5 Å². The molecular weight excluding hydrogens is 442 g/mol. The van der Waals surface area contributed by atoms with E-state index in [0.717, 1.165) is 13.1 Å². The number of rotatable bonds is 6. The van der Waals surface area contributed by atoms with Crippen LogP contribution in [0.4, 0.5) is 5.82 Å². The number of carbonyl (C=O) groups excluding carboxylic acids is 1. The summed E-state index contributed by atoms with van der Waals surface area (Å²) in [4.78, 5) is 22.4. The van der Waals surface area contributed by atoms with Crippen LogP contribution < -0.4 is 5.43 Å². The highest BCUT2D eigenvalue weighted by atomic mass is 79.9. The number of nitrogens with one attached hydrogen (secondary N) is 1. The van der Waals surface area contributed by atoms with Gasteiger partial charge in [0.15, 0.2) is 0 Å². The number of hydrogen-bond donors (Lipinski definition) is 1. The Labute approximate surface area is 145 Å². The fourth-order valence-corrected chi connectivity index (χ4v) is 3.40. The predicted octanol–water partition coefficient (Wildman–Crippen LogP) is 2.92. The second kappa shape index (κ2) is 7.61. The Kier molecular flexibility index (Phi) is 5.80. The van der Waals surface area contributed by atoms with Crippen molar-refractivity contribution in [3.63, 3.8) is 0 Å². The van der Waals surface area contributed by atoms with Gasteiger partial charge in [0.1, 0.15) is 0 Å². The van der Waals surface area contributed by atoms with Crippen LogP contribution in [0.2, 0.25) is 0 Å². The molecule has 2 aromatic heterocycles. The van der Waals surface area contributed by atoms with E-state index < -0.39 is 4.92 Å². The van der Waals surface area contributed by atoms with Gasteiger partial charge in [-0.3, -0.25) is 4.79 Å². The highest BCUT2D eigenvalue weighted by Crippen LogP contribution is 2.31. The zero-order chi connectivity index (χ0) is 16.1. The Morgan fingerprint density at radius 2 is 2.36 bits per heavy atom. The fraction of sp³-hybridized carbons (Fsp3) is 0.182. The van der Waals surface area contributed by atoms with Crippen LogP contribution in [0.25, 0.3) is 0 Å². The minimum Gasteiger partial charge on any atom is -0.358 e. The average molecular weight is 451 g/mol. The zero-order valence-electron chi connectivity index (χ0n) is 10.9. The molecule has 2 rings (SSSR count). The van der Waals surface area contributed by atoms with Crippen molar-refractivity contribution in [2.45, 2.75) is 13.0 Å². The lowest BCUT2D eigenvalue weighted by molar-refractivity contribution is -0.389. The molecule has 0 unspecified atom stereocenters. The number of amides is 1. The van der Waals surface area contributed by atoms with Gasteiger partial charge in [0, 0.05) is 15.8 Å². The van der Waals surface area contributed by atoms with Crippen LogP contribution in [0.5, 0.6) is 0 Å². The van der Waals surface area contributed by atoms with Crippen molar-refractivity contribution in [2.75, 3.05) is 0 Å². The summed E-state index contributed by atoms with van der Waals surface area (Å²) in [6, 6.07) is 3.15. The Morgan fingerprint density at radius 1 is 1.59 bits per heavy atom. The third kappa shape index (κ3) is 4.71. The summed E-state index contributed by atoms with van der Waals surface area (Å²) >= 11 is 8.19. The monoisotopic (exact) mass is 449 g/mol. The van der Waals surface area contributed by atoms with E-state index in [1.807, 2.05) is 6.07 Å². The molecular formula is C11H9Br2N5O3S. The molecule has 0 saturated heterocycles. The largest absolute Gasteiger partial charge is 0.389 e. The van der Waals surface area contributed by atoms with Crippen molar-refractivity contribution < 1.29 is 9.72 Å². The molecule has 11 heteroatoms. The molecule has 0 radical (unpaired) electrons. The molecule has 0 fully saturated rings. The highest BCUT2D eigenvalue weighted by Gasteiger charge is 2.11. The second-order valence-corrected chi connectivity index (χ2v) is 7.26. The Bertz CT molecular complexity index is 708. The summed E-state index contributed by atoms with van der Waals surface area (Å²) in [5.74, 6) is -0.545. The number of nitro groups is 1. The van der Waals surface area contributed by atoms with Gasteiger partial charge in [-0.05, 0) is 42.8 Å². The third-order valence-electron chi connectivity index (χ3n) is 2.43. The molecule has 0 spiro atoms. The summed E-state index contributed by atoms with van der Waals surface area (Å²) in [5, 5.41) is 18.0. The Balaban J connectivity index is 1.79. The van der Waals surface area contributed by atoms with Gasteiger partial charge >= 0.3 is 5.82 Å². The van der Waals surface area contributed by atoms with Gasteiger partial charge in [0.25, 0.3) is 0 Å². The first-order chi connectivity index (χ1) is 10.5. The summed E-state index contributed by atoms with van der Waals surface area (Å²) in [6.07, 6.45) is 3.11. The molecule has 1 amide bonds. The van der Waals surface area contributed by atoms with Gasteiger partial charge in [0.2, 0.25) is 5.91 Å². The number of hydrogen-bond acceptors (Lipinski definition) is 6. The van der Waals surface area contributed by atoms with Crippen molar-refractivity contribution in [1.29, 1.82) is 0 Å². The van der Waals surface area contributed by atoms with Gasteiger partial charge in [-0.15, -0.1) is 11.3 Å². The van der Waals surface area contributed by atoms with Crippen LogP contribution in [0.3, 0.4) is 0 Å². The lowest BCUT2D eigenvalue weighted by atomic mass is 10.4. The fourth-order valence-electron chi connectivity index (χ4n) is 1.44. The molecule has 0 aliphatic rings. The molecule has 0 aliphatic heterocycles. The maximum atomic E-state index is 11.6. The predicted molar refractivity (Wildman–Crippen MR) is 89.0 cm³/mol. The number of aryl methyl sites for hydroxylation is 1. The van der Waals surface area contributed by atoms with Gasteiger partial charge in [-0.2, -0.15) is 9.78 Å². The van der Waals surface area contributed by atoms with Crippen molar-refractivity contribution in [3.05, 3.63) is 41.6 Å². The topological polar surface area (TPSA) is 102 Å². The van der Waals surface area contributed by atoms with Crippen LogP contribution in [-0.2, 0) is 11.3 Å². The molecule has 0 aliphatic carbocycles. The normalized spacial score (nSPS) is 11.0. The quantitative estimate of drug-likeness (QED) is 0.415. The standard InChI is InChI=1S/C11H9Br2N5O3S/c12-8-5-7(22-11(8)13)6-14-15-10(19)2-4-17-3-1-9(16-17)18(20)21/h1,3,5-6H,2,4H2,(H,15,19)/b14-6-. The molecule has 22 heavy (non-hydrogen) atoms. The molecule has 0 atom stereocenters. The van der Waals surface area contributed by atoms with Gasteiger partial charge in [0.05, 0.1) is 33.9 Å². The summed E-state index contributed by atoms with van der Waals surface area (Å²) in [7, 11) is 0. The number of hydrazone groups is 1. The van der Waals surface area contributed by atoms with E-state index in [-0.39, 0.29) is 24.7 Å². The first-order valence-electron chi connectivity index (χ1n) is 5.90. The number of aromatic nitrogens is 2. The highest BCUT2D eigenvalue weighted by molar-refractivity contribution is 9.13. The number of thiophene rings is 1. The van der Waals surface area contributed by atoms with Gasteiger partial charge in [-0.1, -0.05) is 0 Å². The smallest absolute Gasteiger partial charge is 0.358 e. The Hall–Kier alpha value is -1.59. The van der Waals surface area contributed by atoms with Crippen LogP contribution in [0.1, 0.15) is 11.3 Å². The average Bonchev–Trinajstić information content (AvgIpc) is 3.04. The van der Waals surface area contributed by atoms with Gasteiger partial charge < -0.3 is 10.1 Å². The lowest BCUT2D eigenvalue weighted by Crippen LogP contribution is -2.19. The minimum absolute atomic E-state index is 0.119. The summed E-state index contributed by atoms with van der Waals surface area (Å²) < 4.78 is 3.21. The van der Waals surface area contributed by atoms with E-state index in [4.69, 9.17) is 0 Å². The van der Waals surface area contributed by atoms with Crippen LogP contribution in [0.15, 0.2) is 31.7 Å². The SMILES string of the molecule is O=C(CCn1ccc([N+](=O)[O-])n1)N/N=C\c1cc(Br)c(Br)s1. The van der Waals surface area contributed by atoms with E-state index in [9.17, 15) is 14.9 Å². The maximum Gasteiger partial charge on any atom is 0.389 e. The number of halogens is 2. The van der Waals surface area contributed by atoms with E-state index in [0.29, 0.717) is 0 Å². The van der Waals surface area contributed by atoms with Crippen molar-refractivity contribution in [3.8, 4) is 0 Å². The van der Waals surface area contributed by atoms with Crippen LogP contribution in [0, 0.1) is 10.1 Å². The number of carbonyl (C=O) groups is 1. The van der Waals surface area contributed by atoms with Crippen molar-refractivity contribution in [1.82, 2.24) is 15.2 Å². The van der Waals surface area contributed by atoms with E-state index in [2.05, 4.69) is 47.5 Å². The van der Waals surface area contributed by atoms with Gasteiger partial charge in [-0.25, -0.2) is 5.43 Å². The Morgan fingerprint density at radius 3 is 2.95 bits per heavy atom. The second-order valence-electron chi connectivity index (χ2n) is 4.01. The van der Waals surface area contributed by atoms with Crippen LogP contribution in [-0.4, -0.2) is 26.8 Å². The molecule has 0 aromatic carbocycles. The lowest BCUT2D eigenvalue weighted by Gasteiger charge is -1.97. The maximum absolute atomic E-state index is 11.6. The molecule has 0 bridgehead atoms. The molecule has 1 N–H and O–H groups in total. The van der Waals surface area contributed by atoms with Crippen molar-refractivity contribution in [2.24, 2.45) is 5.10 Å². The number of nitrogens with zero attached hydrogens (tertiary/aromatic N) is 4. The molecule has 2 heterocycles. The summed E-state index contributed by atoms with van der Waals surface area (Å²) in [5.41, 5.74) is 2.39. The molecule has 0 saturated carbocycles.